The summed E-state index contributed by atoms with van der Waals surface area (Å²) in [7, 11) is 3.89. The number of aromatic nitrogens is 3. The molecule has 2 aromatic heterocycles. The summed E-state index contributed by atoms with van der Waals surface area (Å²) in [6.07, 6.45) is 3.31. The third kappa shape index (κ3) is 4.97. The second kappa shape index (κ2) is 10.7. The number of pyridine rings is 1. The molecule has 1 amide bonds. The molecule has 6 rings (SSSR count). The van der Waals surface area contributed by atoms with Crippen molar-refractivity contribution >= 4 is 40.7 Å². The Balaban J connectivity index is 1.27. The van der Waals surface area contributed by atoms with Crippen molar-refractivity contribution in [2.75, 3.05) is 73.5 Å². The first-order chi connectivity index (χ1) is 19.3. The van der Waals surface area contributed by atoms with Crippen molar-refractivity contribution in [1.29, 1.82) is 0 Å². The van der Waals surface area contributed by atoms with E-state index in [1.54, 1.807) is 7.11 Å². The monoisotopic (exact) mass is 542 g/mol. The molecule has 210 valence electrons. The number of carbonyl (C=O) groups excluding carboxylic acids is 1. The largest absolute Gasteiger partial charge is 0.384 e. The van der Waals surface area contributed by atoms with Crippen LogP contribution in [0.15, 0.2) is 48.7 Å². The van der Waals surface area contributed by atoms with E-state index in [-0.39, 0.29) is 17.4 Å². The zero-order valence-corrected chi connectivity index (χ0v) is 23.8. The molecule has 1 N–H and O–H groups in total. The molecule has 3 aliphatic heterocycles. The van der Waals surface area contributed by atoms with Gasteiger partial charge in [0, 0.05) is 80.8 Å². The number of benzene rings is 1. The van der Waals surface area contributed by atoms with Crippen LogP contribution in [0.25, 0.3) is 0 Å². The maximum Gasteiger partial charge on any atom is 0.229 e. The van der Waals surface area contributed by atoms with E-state index >= 15 is 0 Å². The number of rotatable bonds is 7. The van der Waals surface area contributed by atoms with Gasteiger partial charge in [-0.2, -0.15) is 4.98 Å². The maximum atomic E-state index is 12.6. The lowest BCUT2D eigenvalue weighted by atomic mass is 9.87. The van der Waals surface area contributed by atoms with Crippen LogP contribution in [0.1, 0.15) is 32.3 Å². The van der Waals surface area contributed by atoms with Gasteiger partial charge in [0.25, 0.3) is 0 Å². The molecule has 1 unspecified atom stereocenters. The van der Waals surface area contributed by atoms with Gasteiger partial charge in [-0.25, -0.2) is 9.97 Å². The summed E-state index contributed by atoms with van der Waals surface area (Å²) < 4.78 is 5.62. The van der Waals surface area contributed by atoms with Crippen LogP contribution in [0.4, 0.5) is 34.8 Å². The predicted octanol–water partition coefficient (Wildman–Crippen LogP) is 3.94. The maximum absolute atomic E-state index is 12.6. The molecule has 10 heteroatoms. The van der Waals surface area contributed by atoms with E-state index in [2.05, 4.69) is 70.2 Å². The van der Waals surface area contributed by atoms with E-state index < -0.39 is 0 Å². The first kappa shape index (κ1) is 26.5. The summed E-state index contributed by atoms with van der Waals surface area (Å²) in [5, 5.41) is 3.39. The van der Waals surface area contributed by atoms with Crippen LogP contribution in [-0.2, 0) is 14.9 Å². The van der Waals surface area contributed by atoms with Crippen molar-refractivity contribution in [3.05, 3.63) is 54.2 Å². The van der Waals surface area contributed by atoms with E-state index in [4.69, 9.17) is 14.7 Å². The highest BCUT2D eigenvalue weighted by molar-refractivity contribution is 5.95. The zero-order valence-electron chi connectivity index (χ0n) is 23.8. The molecule has 2 saturated heterocycles. The summed E-state index contributed by atoms with van der Waals surface area (Å²) in [5.41, 5.74) is 2.87. The van der Waals surface area contributed by atoms with Crippen LogP contribution < -0.4 is 20.0 Å². The van der Waals surface area contributed by atoms with Gasteiger partial charge in [0.15, 0.2) is 0 Å². The number of amides is 1. The second-order valence-corrected chi connectivity index (χ2v) is 11.5. The highest BCUT2D eigenvalue weighted by Gasteiger charge is 2.42. The minimum atomic E-state index is -0.304. The van der Waals surface area contributed by atoms with Gasteiger partial charge < -0.3 is 24.8 Å². The molecule has 0 radical (unpaired) electrons. The number of anilines is 6. The Labute approximate surface area is 236 Å². The average Bonchev–Trinajstić information content (AvgIpc) is 3.45. The molecule has 40 heavy (non-hydrogen) atoms. The smallest absolute Gasteiger partial charge is 0.229 e. The van der Waals surface area contributed by atoms with Crippen molar-refractivity contribution in [2.24, 2.45) is 0 Å². The number of methoxy groups -OCH3 is 1. The quantitative estimate of drug-likeness (QED) is 0.477. The van der Waals surface area contributed by atoms with E-state index in [0.29, 0.717) is 31.3 Å². The number of likely N-dealkylation sites (N-methyl/N-ethyl adjacent to an activating group) is 1. The standard InChI is InChI=1S/C30H38N8O2/c1-21-8-13-27(39)38(21)26-7-5-6-25(33-26)37-19-30(2,20-40-4)24-18-31-29(34-28(24)37)32-22-9-11-23(12-10-22)36-16-14-35(3)15-17-36/h5-7,9-12,18,21H,8,13-17,19-20H2,1-4H3,(H,31,32,34)/t21-,30?/m0/s1. The molecule has 3 aromatic rings. The van der Waals surface area contributed by atoms with Gasteiger partial charge in [-0.15, -0.1) is 0 Å². The summed E-state index contributed by atoms with van der Waals surface area (Å²) in [5.74, 6) is 2.89. The van der Waals surface area contributed by atoms with Gasteiger partial charge in [0.2, 0.25) is 11.9 Å². The second-order valence-electron chi connectivity index (χ2n) is 11.5. The molecule has 0 bridgehead atoms. The van der Waals surface area contributed by atoms with Crippen LogP contribution in [0, 0.1) is 0 Å². The van der Waals surface area contributed by atoms with E-state index in [0.717, 1.165) is 55.5 Å². The lowest BCUT2D eigenvalue weighted by molar-refractivity contribution is -0.117. The number of piperazine rings is 1. The van der Waals surface area contributed by atoms with Crippen molar-refractivity contribution in [1.82, 2.24) is 19.9 Å². The molecule has 1 aromatic carbocycles. The van der Waals surface area contributed by atoms with Crippen LogP contribution in [0.5, 0.6) is 0 Å². The van der Waals surface area contributed by atoms with Crippen LogP contribution in [0.3, 0.4) is 0 Å². The molecule has 10 nitrogen and oxygen atoms in total. The summed E-state index contributed by atoms with van der Waals surface area (Å²) in [4.78, 5) is 35.9. The van der Waals surface area contributed by atoms with Crippen LogP contribution in [0.2, 0.25) is 0 Å². The number of hydrogen-bond donors (Lipinski definition) is 1. The molecule has 5 heterocycles. The summed E-state index contributed by atoms with van der Waals surface area (Å²) >= 11 is 0. The predicted molar refractivity (Wildman–Crippen MR) is 158 cm³/mol. The molecule has 3 aliphatic rings. The number of fused-ring (bicyclic) bond motifs is 1. The Morgan fingerprint density at radius 2 is 1.80 bits per heavy atom. The Bertz CT molecular complexity index is 1370. The Kier molecular flexibility index (Phi) is 7.06. The number of nitrogens with one attached hydrogen (secondary N) is 1. The fraction of sp³-hybridized carbons (Fsp3) is 0.467. The third-order valence-electron chi connectivity index (χ3n) is 8.36. The lowest BCUT2D eigenvalue weighted by Gasteiger charge is -2.34. The van der Waals surface area contributed by atoms with E-state index in [9.17, 15) is 4.79 Å². The molecule has 2 fully saturated rings. The number of ether oxygens (including phenoxy) is 1. The van der Waals surface area contributed by atoms with Gasteiger partial charge in [-0.1, -0.05) is 13.0 Å². The zero-order chi connectivity index (χ0) is 27.9. The minimum absolute atomic E-state index is 0.121. The van der Waals surface area contributed by atoms with E-state index in [1.165, 1.54) is 5.69 Å². The topological polar surface area (TPSA) is 90.0 Å². The highest BCUT2D eigenvalue weighted by Crippen LogP contribution is 2.43. The average molecular weight is 543 g/mol. The first-order valence-electron chi connectivity index (χ1n) is 14.1. The fourth-order valence-electron chi connectivity index (χ4n) is 6.03. The Morgan fingerprint density at radius 1 is 1.05 bits per heavy atom. The van der Waals surface area contributed by atoms with Gasteiger partial charge in [0.1, 0.15) is 17.5 Å². The van der Waals surface area contributed by atoms with Crippen molar-refractivity contribution < 1.29 is 9.53 Å². The third-order valence-corrected chi connectivity index (χ3v) is 8.36. The van der Waals surface area contributed by atoms with Crippen molar-refractivity contribution in [2.45, 2.75) is 38.1 Å². The minimum Gasteiger partial charge on any atom is -0.384 e. The first-order valence-corrected chi connectivity index (χ1v) is 14.1. The van der Waals surface area contributed by atoms with Gasteiger partial charge in [-0.3, -0.25) is 9.69 Å². The fourth-order valence-corrected chi connectivity index (χ4v) is 6.03. The number of hydrogen-bond acceptors (Lipinski definition) is 9. The summed E-state index contributed by atoms with van der Waals surface area (Å²) in [6.45, 7) is 9.64. The molecule has 0 aliphatic carbocycles. The molecular formula is C30H38N8O2. The van der Waals surface area contributed by atoms with E-state index in [1.807, 2.05) is 29.3 Å². The highest BCUT2D eigenvalue weighted by atomic mass is 16.5. The SMILES string of the molecule is COCC1(C)CN(c2cccc(N3C(=O)CC[C@@H]3C)n2)c2nc(Nc3ccc(N4CCN(C)CC4)cc3)ncc21. The molecule has 0 saturated carbocycles. The van der Waals surface area contributed by atoms with Crippen molar-refractivity contribution in [3.63, 3.8) is 0 Å². The van der Waals surface area contributed by atoms with Crippen LogP contribution >= 0.6 is 0 Å². The number of carbonyl (C=O) groups is 1. The normalized spacial score (nSPS) is 23.1. The Morgan fingerprint density at radius 3 is 2.50 bits per heavy atom. The molecule has 2 atom stereocenters. The number of nitrogens with zero attached hydrogens (tertiary/aromatic N) is 7. The van der Waals surface area contributed by atoms with Gasteiger partial charge in [0.05, 0.1) is 6.61 Å². The lowest BCUT2D eigenvalue weighted by Crippen LogP contribution is -2.44. The Hall–Kier alpha value is -3.76. The van der Waals surface area contributed by atoms with Gasteiger partial charge >= 0.3 is 0 Å². The van der Waals surface area contributed by atoms with Crippen LogP contribution in [-0.4, -0.2) is 85.3 Å². The van der Waals surface area contributed by atoms with Crippen molar-refractivity contribution in [3.8, 4) is 0 Å². The molecule has 0 spiro atoms. The van der Waals surface area contributed by atoms with Gasteiger partial charge in [-0.05, 0) is 56.8 Å². The molecular weight excluding hydrogens is 504 g/mol. The summed E-state index contributed by atoms with van der Waals surface area (Å²) in [6, 6.07) is 14.5.